The van der Waals surface area contributed by atoms with E-state index in [0.717, 1.165) is 22.9 Å². The number of H-pyrrole nitrogens is 1. The fraction of sp³-hybridized carbons (Fsp3) is 0.375. The Bertz CT molecular complexity index is 1190. The number of amides is 2. The number of carbonyl (C=O) groups excluding carboxylic acids is 2. The van der Waals surface area contributed by atoms with Crippen molar-refractivity contribution in [1.29, 1.82) is 0 Å². The highest BCUT2D eigenvalue weighted by atomic mass is 16.5. The molecule has 8 nitrogen and oxygen atoms in total. The van der Waals surface area contributed by atoms with Gasteiger partial charge in [0.2, 0.25) is 0 Å². The van der Waals surface area contributed by atoms with Crippen molar-refractivity contribution in [3.63, 3.8) is 0 Å². The molecule has 2 aliphatic heterocycles. The molecule has 3 heterocycles. The van der Waals surface area contributed by atoms with Crippen LogP contribution in [0.1, 0.15) is 53.0 Å². The molecule has 1 saturated heterocycles. The van der Waals surface area contributed by atoms with Crippen LogP contribution in [-0.4, -0.2) is 52.3 Å². The van der Waals surface area contributed by atoms with Gasteiger partial charge in [-0.2, -0.15) is 5.10 Å². The first kappa shape index (κ1) is 20.4. The SMILES string of the molecule is CCOc1ccc2c(c1)C(=O)NC1(CCN(C(=O)c3cc(CC)c4[nH]ncc4c3)CC1)O2. The molecule has 1 aromatic heterocycles. The standard InChI is InChI=1S/C24H26N4O4/c1-3-15-11-16(12-17-14-25-27-21(15)17)23(30)28-9-7-24(8-10-28)26-22(29)19-13-18(31-4-2)5-6-20(19)32-24/h5-6,11-14H,3-4,7-10H2,1-2H3,(H,25,27)(H,26,29). The van der Waals surface area contributed by atoms with Gasteiger partial charge in [-0.3, -0.25) is 14.7 Å². The minimum atomic E-state index is -0.795. The number of aryl methyl sites for hydroxylation is 1. The van der Waals surface area contributed by atoms with Gasteiger partial charge < -0.3 is 19.7 Å². The zero-order valence-corrected chi connectivity index (χ0v) is 18.2. The van der Waals surface area contributed by atoms with Gasteiger partial charge in [-0.15, -0.1) is 0 Å². The Morgan fingerprint density at radius 3 is 2.78 bits per heavy atom. The van der Waals surface area contributed by atoms with Crippen LogP contribution in [0, 0.1) is 0 Å². The predicted molar refractivity (Wildman–Crippen MR) is 119 cm³/mol. The van der Waals surface area contributed by atoms with E-state index in [1.165, 1.54) is 0 Å². The molecule has 8 heteroatoms. The lowest BCUT2D eigenvalue weighted by atomic mass is 9.96. The lowest BCUT2D eigenvalue weighted by Crippen LogP contribution is -2.61. The molecule has 0 unspecified atom stereocenters. The van der Waals surface area contributed by atoms with E-state index in [1.54, 1.807) is 18.3 Å². The number of piperidine rings is 1. The Morgan fingerprint density at radius 2 is 2.03 bits per heavy atom. The van der Waals surface area contributed by atoms with Crippen LogP contribution in [0.25, 0.3) is 10.9 Å². The lowest BCUT2D eigenvalue weighted by Gasteiger charge is -2.44. The Labute approximate surface area is 185 Å². The van der Waals surface area contributed by atoms with Crippen molar-refractivity contribution in [1.82, 2.24) is 20.4 Å². The largest absolute Gasteiger partial charge is 0.494 e. The number of carbonyl (C=O) groups is 2. The molecule has 5 rings (SSSR count). The minimum absolute atomic E-state index is 0.0125. The molecular formula is C24H26N4O4. The maximum atomic E-state index is 13.2. The van der Waals surface area contributed by atoms with Crippen molar-refractivity contribution in [3.8, 4) is 11.5 Å². The molecule has 0 radical (unpaired) electrons. The summed E-state index contributed by atoms with van der Waals surface area (Å²) in [7, 11) is 0. The lowest BCUT2D eigenvalue weighted by molar-refractivity contribution is -0.0246. The Hall–Kier alpha value is -3.55. The second-order valence-electron chi connectivity index (χ2n) is 8.26. The van der Waals surface area contributed by atoms with Crippen molar-refractivity contribution in [2.24, 2.45) is 0 Å². The quantitative estimate of drug-likeness (QED) is 0.657. The molecule has 32 heavy (non-hydrogen) atoms. The number of nitrogens with zero attached hydrogens (tertiary/aromatic N) is 2. The zero-order valence-electron chi connectivity index (χ0n) is 18.2. The predicted octanol–water partition coefficient (Wildman–Crippen LogP) is 3.28. The van der Waals surface area contributed by atoms with E-state index in [9.17, 15) is 9.59 Å². The van der Waals surface area contributed by atoms with Gasteiger partial charge in [0.05, 0.1) is 23.9 Å². The summed E-state index contributed by atoms with van der Waals surface area (Å²) in [5, 5.41) is 11.1. The summed E-state index contributed by atoms with van der Waals surface area (Å²) in [6, 6.07) is 9.13. The number of nitrogens with one attached hydrogen (secondary N) is 2. The van der Waals surface area contributed by atoms with Crippen LogP contribution >= 0.6 is 0 Å². The fourth-order valence-electron chi connectivity index (χ4n) is 4.56. The number of rotatable bonds is 4. The average Bonchev–Trinajstić information content (AvgIpc) is 3.28. The molecule has 2 aliphatic rings. The highest BCUT2D eigenvalue weighted by molar-refractivity contribution is 6.00. The molecule has 0 atom stereocenters. The van der Waals surface area contributed by atoms with E-state index >= 15 is 0 Å². The fourth-order valence-corrected chi connectivity index (χ4v) is 4.56. The highest BCUT2D eigenvalue weighted by Gasteiger charge is 2.43. The van der Waals surface area contributed by atoms with Crippen molar-refractivity contribution >= 4 is 22.7 Å². The van der Waals surface area contributed by atoms with E-state index in [1.807, 2.05) is 30.0 Å². The third-order valence-corrected chi connectivity index (χ3v) is 6.27. The van der Waals surface area contributed by atoms with Crippen LogP contribution in [0.5, 0.6) is 11.5 Å². The number of hydrogen-bond donors (Lipinski definition) is 2. The smallest absolute Gasteiger partial charge is 0.258 e. The van der Waals surface area contributed by atoms with Gasteiger partial charge in [0.25, 0.3) is 11.8 Å². The molecule has 2 aromatic carbocycles. The van der Waals surface area contributed by atoms with Crippen molar-refractivity contribution in [2.75, 3.05) is 19.7 Å². The van der Waals surface area contributed by atoms with Gasteiger partial charge in [-0.25, -0.2) is 0 Å². The Morgan fingerprint density at radius 1 is 1.22 bits per heavy atom. The number of ether oxygens (including phenoxy) is 2. The Balaban J connectivity index is 1.32. The van der Waals surface area contributed by atoms with Gasteiger partial charge in [-0.1, -0.05) is 6.92 Å². The van der Waals surface area contributed by atoms with Crippen molar-refractivity contribution < 1.29 is 19.1 Å². The van der Waals surface area contributed by atoms with Crippen LogP contribution in [0.3, 0.4) is 0 Å². The van der Waals surface area contributed by atoms with Crippen LogP contribution in [-0.2, 0) is 6.42 Å². The van der Waals surface area contributed by atoms with E-state index < -0.39 is 5.72 Å². The van der Waals surface area contributed by atoms with Gasteiger partial charge >= 0.3 is 0 Å². The van der Waals surface area contributed by atoms with Crippen molar-refractivity contribution in [3.05, 3.63) is 53.2 Å². The van der Waals surface area contributed by atoms with Gasteiger partial charge in [-0.05, 0) is 49.2 Å². The highest BCUT2D eigenvalue weighted by Crippen LogP contribution is 2.35. The van der Waals surface area contributed by atoms with E-state index in [2.05, 4.69) is 22.4 Å². The number of fused-ring (bicyclic) bond motifs is 2. The molecule has 0 saturated carbocycles. The van der Waals surface area contributed by atoms with E-state index in [0.29, 0.717) is 55.2 Å². The second kappa shape index (κ2) is 7.85. The minimum Gasteiger partial charge on any atom is -0.494 e. The molecule has 2 amide bonds. The van der Waals surface area contributed by atoms with Crippen LogP contribution in [0.4, 0.5) is 0 Å². The number of benzene rings is 2. The summed E-state index contributed by atoms with van der Waals surface area (Å²) in [4.78, 5) is 27.8. The average molecular weight is 434 g/mol. The summed E-state index contributed by atoms with van der Waals surface area (Å²) >= 11 is 0. The first-order valence-electron chi connectivity index (χ1n) is 11.1. The maximum absolute atomic E-state index is 13.2. The van der Waals surface area contributed by atoms with Crippen LogP contribution in [0.15, 0.2) is 36.5 Å². The second-order valence-corrected chi connectivity index (χ2v) is 8.26. The first-order chi connectivity index (χ1) is 15.5. The first-order valence-corrected chi connectivity index (χ1v) is 11.1. The Kier molecular flexibility index (Phi) is 5.00. The van der Waals surface area contributed by atoms with Crippen molar-refractivity contribution in [2.45, 2.75) is 38.8 Å². The number of aromatic amines is 1. The topological polar surface area (TPSA) is 96.6 Å². The summed E-state index contributed by atoms with van der Waals surface area (Å²) in [5.74, 6) is 1.00. The number of hydrogen-bond acceptors (Lipinski definition) is 5. The molecule has 166 valence electrons. The summed E-state index contributed by atoms with van der Waals surface area (Å²) in [6.45, 7) is 5.48. The molecule has 2 N–H and O–H groups in total. The monoisotopic (exact) mass is 434 g/mol. The molecule has 0 bridgehead atoms. The normalized spacial score (nSPS) is 17.1. The molecule has 0 aliphatic carbocycles. The maximum Gasteiger partial charge on any atom is 0.258 e. The number of likely N-dealkylation sites (tertiary alicyclic amines) is 1. The third-order valence-electron chi connectivity index (χ3n) is 6.27. The van der Waals surface area contributed by atoms with E-state index in [-0.39, 0.29) is 11.8 Å². The molecule has 1 spiro atoms. The summed E-state index contributed by atoms with van der Waals surface area (Å²) in [6.07, 6.45) is 3.60. The van der Waals surface area contributed by atoms with Gasteiger partial charge in [0, 0.05) is 36.9 Å². The summed E-state index contributed by atoms with van der Waals surface area (Å²) < 4.78 is 11.7. The van der Waals surface area contributed by atoms with Crippen LogP contribution in [0.2, 0.25) is 0 Å². The van der Waals surface area contributed by atoms with Gasteiger partial charge in [0.15, 0.2) is 5.72 Å². The number of aromatic nitrogens is 2. The van der Waals surface area contributed by atoms with Crippen LogP contribution < -0.4 is 14.8 Å². The third kappa shape index (κ3) is 3.45. The molecule has 3 aromatic rings. The van der Waals surface area contributed by atoms with E-state index in [4.69, 9.17) is 9.47 Å². The van der Waals surface area contributed by atoms with Gasteiger partial charge in [0.1, 0.15) is 11.5 Å². The molecule has 1 fully saturated rings. The zero-order chi connectivity index (χ0) is 22.3. The summed E-state index contributed by atoms with van der Waals surface area (Å²) in [5.41, 5.74) is 2.39. The molecular weight excluding hydrogens is 408 g/mol.